The molecule has 0 aromatic heterocycles. The molecule has 0 radical (unpaired) electrons. The summed E-state index contributed by atoms with van der Waals surface area (Å²) in [6, 6.07) is 5.96. The molecule has 1 aromatic rings. The molecule has 0 aliphatic heterocycles. The van der Waals surface area contributed by atoms with Gasteiger partial charge in [0.1, 0.15) is 4.90 Å². The van der Waals surface area contributed by atoms with Crippen LogP contribution in [-0.2, 0) is 10.0 Å². The molecule has 114 valence electrons. The van der Waals surface area contributed by atoms with Gasteiger partial charge in [0, 0.05) is 0 Å². The van der Waals surface area contributed by atoms with Crippen LogP contribution in [0.3, 0.4) is 0 Å². The van der Waals surface area contributed by atoms with Gasteiger partial charge in [-0.3, -0.25) is 0 Å². The Bertz CT molecular complexity index is 661. The van der Waals surface area contributed by atoms with E-state index in [9.17, 15) is 13.5 Å². The number of sulfonamides is 1. The van der Waals surface area contributed by atoms with E-state index in [-0.39, 0.29) is 16.5 Å². The van der Waals surface area contributed by atoms with Crippen LogP contribution >= 0.6 is 11.6 Å². The highest BCUT2D eigenvalue weighted by molar-refractivity contribution is 7.89. The lowest BCUT2D eigenvalue weighted by Crippen LogP contribution is -2.52. The molecule has 0 saturated heterocycles. The van der Waals surface area contributed by atoms with E-state index in [4.69, 9.17) is 16.9 Å². The Balaban J connectivity index is 2.32. The van der Waals surface area contributed by atoms with Crippen LogP contribution in [0.4, 0.5) is 0 Å². The number of nitrogens with one attached hydrogen (secondary N) is 1. The van der Waals surface area contributed by atoms with Gasteiger partial charge in [0.2, 0.25) is 10.0 Å². The maximum atomic E-state index is 12.5. The van der Waals surface area contributed by atoms with Crippen LogP contribution in [-0.4, -0.2) is 25.7 Å². The van der Waals surface area contributed by atoms with Gasteiger partial charge in [-0.2, -0.15) is 5.26 Å². The fraction of sp³-hybridized carbons (Fsp3) is 0.500. The number of nitrogens with zero attached hydrogens (tertiary/aromatic N) is 1. The summed E-state index contributed by atoms with van der Waals surface area (Å²) < 4.78 is 27.6. The van der Waals surface area contributed by atoms with Crippen LogP contribution in [0.5, 0.6) is 0 Å². The van der Waals surface area contributed by atoms with Crippen LogP contribution < -0.4 is 4.72 Å². The lowest BCUT2D eigenvalue weighted by molar-refractivity contribution is 0.142. The lowest BCUT2D eigenvalue weighted by Gasteiger charge is -2.36. The smallest absolute Gasteiger partial charge is 0.242 e. The SMILES string of the molecule is N#Cc1ccc(S(=O)(=O)NC2(CO)CCCCC2)c(Cl)c1. The molecule has 1 aliphatic rings. The molecule has 7 heteroatoms. The summed E-state index contributed by atoms with van der Waals surface area (Å²) in [6.45, 7) is -0.236. The summed E-state index contributed by atoms with van der Waals surface area (Å²) in [5.74, 6) is 0. The van der Waals surface area contributed by atoms with Crippen molar-refractivity contribution >= 4 is 21.6 Å². The number of nitriles is 1. The Kier molecular flexibility index (Phi) is 4.89. The Morgan fingerprint density at radius 3 is 2.52 bits per heavy atom. The van der Waals surface area contributed by atoms with E-state index in [1.54, 1.807) is 0 Å². The maximum Gasteiger partial charge on any atom is 0.242 e. The molecule has 1 aliphatic carbocycles. The first-order chi connectivity index (χ1) is 9.92. The Morgan fingerprint density at radius 1 is 1.33 bits per heavy atom. The summed E-state index contributed by atoms with van der Waals surface area (Å²) in [7, 11) is -3.84. The fourth-order valence-electron chi connectivity index (χ4n) is 2.65. The third-order valence-corrected chi connectivity index (χ3v) is 5.88. The Labute approximate surface area is 129 Å². The topological polar surface area (TPSA) is 90.2 Å². The van der Waals surface area contributed by atoms with E-state index in [0.29, 0.717) is 18.4 Å². The van der Waals surface area contributed by atoms with Gasteiger partial charge in [-0.25, -0.2) is 13.1 Å². The van der Waals surface area contributed by atoms with Gasteiger partial charge in [-0.1, -0.05) is 30.9 Å². The zero-order valence-electron chi connectivity index (χ0n) is 11.5. The van der Waals surface area contributed by atoms with Crippen LogP contribution in [0.15, 0.2) is 23.1 Å². The van der Waals surface area contributed by atoms with Crippen molar-refractivity contribution in [2.24, 2.45) is 0 Å². The predicted octanol–water partition coefficient (Wildman–Crippen LogP) is 2.19. The van der Waals surface area contributed by atoms with Gasteiger partial charge in [0.05, 0.1) is 28.8 Å². The van der Waals surface area contributed by atoms with E-state index in [0.717, 1.165) is 19.3 Å². The van der Waals surface area contributed by atoms with Crippen molar-refractivity contribution in [1.29, 1.82) is 5.26 Å². The van der Waals surface area contributed by atoms with Crippen molar-refractivity contribution in [1.82, 2.24) is 4.72 Å². The van der Waals surface area contributed by atoms with Crippen molar-refractivity contribution in [3.05, 3.63) is 28.8 Å². The summed E-state index contributed by atoms with van der Waals surface area (Å²) in [6.07, 6.45) is 4.02. The number of hydrogen-bond acceptors (Lipinski definition) is 4. The molecule has 5 nitrogen and oxygen atoms in total. The van der Waals surface area contributed by atoms with Gasteiger partial charge >= 0.3 is 0 Å². The van der Waals surface area contributed by atoms with Crippen molar-refractivity contribution in [3.63, 3.8) is 0 Å². The van der Waals surface area contributed by atoms with E-state index in [2.05, 4.69) is 4.72 Å². The highest BCUT2D eigenvalue weighted by Gasteiger charge is 2.36. The normalized spacial score (nSPS) is 18.1. The molecule has 1 saturated carbocycles. The van der Waals surface area contributed by atoms with Gasteiger partial charge in [0.25, 0.3) is 0 Å². The third kappa shape index (κ3) is 3.55. The molecule has 1 fully saturated rings. The molecular weight excluding hydrogens is 312 g/mol. The second kappa shape index (κ2) is 6.32. The molecule has 0 atom stereocenters. The first-order valence-corrected chi connectivity index (χ1v) is 8.63. The molecular formula is C14H17ClN2O3S. The first-order valence-electron chi connectivity index (χ1n) is 6.77. The van der Waals surface area contributed by atoms with E-state index in [1.165, 1.54) is 18.2 Å². The summed E-state index contributed by atoms with van der Waals surface area (Å²) in [5.41, 5.74) is -0.512. The number of aliphatic hydroxyl groups excluding tert-OH is 1. The number of halogens is 1. The lowest BCUT2D eigenvalue weighted by atomic mass is 9.83. The molecule has 0 heterocycles. The molecule has 2 N–H and O–H groups in total. The fourth-order valence-corrected chi connectivity index (χ4v) is 4.65. The van der Waals surface area contributed by atoms with Crippen molar-refractivity contribution in [2.75, 3.05) is 6.61 Å². The summed E-state index contributed by atoms with van der Waals surface area (Å²) >= 11 is 5.97. The van der Waals surface area contributed by atoms with E-state index >= 15 is 0 Å². The largest absolute Gasteiger partial charge is 0.394 e. The van der Waals surface area contributed by atoms with E-state index in [1.807, 2.05) is 6.07 Å². The van der Waals surface area contributed by atoms with Crippen LogP contribution in [0.25, 0.3) is 0 Å². The van der Waals surface area contributed by atoms with Crippen molar-refractivity contribution < 1.29 is 13.5 Å². The molecule has 2 rings (SSSR count). The monoisotopic (exact) mass is 328 g/mol. The quantitative estimate of drug-likeness (QED) is 0.886. The summed E-state index contributed by atoms with van der Waals surface area (Å²) in [5, 5.41) is 18.4. The first kappa shape index (κ1) is 16.2. The number of rotatable bonds is 4. The van der Waals surface area contributed by atoms with Gasteiger partial charge in [0.15, 0.2) is 0 Å². The zero-order valence-corrected chi connectivity index (χ0v) is 13.0. The average molecular weight is 329 g/mol. The Morgan fingerprint density at radius 2 is 2.00 bits per heavy atom. The van der Waals surface area contributed by atoms with Gasteiger partial charge in [-0.05, 0) is 31.0 Å². The Hall–Kier alpha value is -1.13. The second-order valence-electron chi connectivity index (χ2n) is 5.36. The second-order valence-corrected chi connectivity index (χ2v) is 7.42. The third-order valence-electron chi connectivity index (χ3n) is 3.81. The molecule has 0 spiro atoms. The highest BCUT2D eigenvalue weighted by atomic mass is 35.5. The molecule has 0 bridgehead atoms. The predicted molar refractivity (Wildman–Crippen MR) is 79.4 cm³/mol. The molecule has 0 unspecified atom stereocenters. The van der Waals surface area contributed by atoms with Crippen LogP contribution in [0.1, 0.15) is 37.7 Å². The number of benzene rings is 1. The number of hydrogen-bond donors (Lipinski definition) is 2. The molecule has 21 heavy (non-hydrogen) atoms. The standard InChI is InChI=1S/C14H17ClN2O3S/c15-12-8-11(9-16)4-5-13(12)21(19,20)17-14(10-18)6-2-1-3-7-14/h4-5,8,17-18H,1-3,6-7,10H2. The molecule has 1 aromatic carbocycles. The number of aliphatic hydroxyl groups is 1. The van der Waals surface area contributed by atoms with Crippen LogP contribution in [0.2, 0.25) is 5.02 Å². The maximum absolute atomic E-state index is 12.5. The average Bonchev–Trinajstić information content (AvgIpc) is 2.47. The van der Waals surface area contributed by atoms with Crippen LogP contribution in [0, 0.1) is 11.3 Å². The van der Waals surface area contributed by atoms with Gasteiger partial charge < -0.3 is 5.11 Å². The minimum atomic E-state index is -3.84. The zero-order chi connectivity index (χ0) is 15.5. The molecule has 0 amide bonds. The summed E-state index contributed by atoms with van der Waals surface area (Å²) in [4.78, 5) is -0.0680. The van der Waals surface area contributed by atoms with Crippen molar-refractivity contribution in [3.8, 4) is 6.07 Å². The minimum absolute atomic E-state index is 0.00505. The van der Waals surface area contributed by atoms with Gasteiger partial charge in [-0.15, -0.1) is 0 Å². The van der Waals surface area contributed by atoms with E-state index < -0.39 is 15.6 Å². The highest BCUT2D eigenvalue weighted by Crippen LogP contribution is 2.31. The van der Waals surface area contributed by atoms with Crippen molar-refractivity contribution in [2.45, 2.75) is 42.5 Å². The minimum Gasteiger partial charge on any atom is -0.394 e.